The zero-order valence-corrected chi connectivity index (χ0v) is 22.1. The molecule has 5 aromatic carbocycles. The quantitative estimate of drug-likeness (QED) is 0.177. The summed E-state index contributed by atoms with van der Waals surface area (Å²) in [5, 5.41) is 2.40. The number of imide groups is 1. The number of amides is 2. The summed E-state index contributed by atoms with van der Waals surface area (Å²) in [5.74, 6) is -1.75. The molecule has 4 nitrogen and oxygen atoms in total. The summed E-state index contributed by atoms with van der Waals surface area (Å²) in [6.45, 7) is 0. The summed E-state index contributed by atoms with van der Waals surface area (Å²) < 4.78 is 0. The first kappa shape index (κ1) is 23.4. The van der Waals surface area contributed by atoms with E-state index in [2.05, 4.69) is 24.3 Å². The molecule has 0 aromatic heterocycles. The number of hydrogen-bond donors (Lipinski definition) is 0. The molecule has 2 atom stereocenters. The Bertz CT molecular complexity index is 1860. The molecule has 0 spiro atoms. The Hall–Kier alpha value is -4.54. The Balaban J connectivity index is 1.41. The van der Waals surface area contributed by atoms with Gasteiger partial charge < -0.3 is 0 Å². The lowest BCUT2D eigenvalue weighted by Gasteiger charge is -2.52. The van der Waals surface area contributed by atoms with Gasteiger partial charge in [-0.1, -0.05) is 109 Å². The molecule has 0 N–H and O–H groups in total. The Labute approximate surface area is 236 Å². The smallest absolute Gasteiger partial charge is 0.239 e. The first-order valence-electron chi connectivity index (χ1n) is 13.5. The average Bonchev–Trinajstić information content (AvgIpc) is 3.27. The van der Waals surface area contributed by atoms with Gasteiger partial charge in [-0.25, -0.2) is 4.90 Å². The number of rotatable bonds is 3. The van der Waals surface area contributed by atoms with Gasteiger partial charge in [0.2, 0.25) is 11.8 Å². The van der Waals surface area contributed by atoms with Gasteiger partial charge in [-0.15, -0.1) is 0 Å². The molecule has 5 aromatic rings. The van der Waals surface area contributed by atoms with Crippen molar-refractivity contribution in [2.45, 2.75) is 11.3 Å². The van der Waals surface area contributed by atoms with Gasteiger partial charge >= 0.3 is 0 Å². The number of fused-ring (bicyclic) bond motifs is 1. The van der Waals surface area contributed by atoms with Crippen LogP contribution in [0.3, 0.4) is 0 Å². The van der Waals surface area contributed by atoms with Crippen LogP contribution >= 0.6 is 11.6 Å². The van der Waals surface area contributed by atoms with Gasteiger partial charge in [0.25, 0.3) is 0 Å². The van der Waals surface area contributed by atoms with E-state index < -0.39 is 17.3 Å². The summed E-state index contributed by atoms with van der Waals surface area (Å²) in [7, 11) is 0. The van der Waals surface area contributed by atoms with E-state index in [1.54, 1.807) is 6.07 Å². The van der Waals surface area contributed by atoms with Gasteiger partial charge in [0.1, 0.15) is 0 Å². The third-order valence-corrected chi connectivity index (χ3v) is 9.27. The van der Waals surface area contributed by atoms with Crippen LogP contribution in [0.25, 0.3) is 10.8 Å². The third-order valence-electron chi connectivity index (χ3n) is 8.95. The monoisotopic (exact) mass is 538 g/mol. The van der Waals surface area contributed by atoms with Crippen LogP contribution in [-0.2, 0) is 15.0 Å². The Morgan fingerprint density at radius 3 is 2.08 bits per heavy atom. The van der Waals surface area contributed by atoms with E-state index in [1.807, 2.05) is 91.1 Å². The van der Waals surface area contributed by atoms with Crippen LogP contribution in [0.4, 0.5) is 11.4 Å². The topological polar surface area (TPSA) is 49.7 Å². The van der Waals surface area contributed by atoms with Crippen molar-refractivity contribution >= 4 is 51.8 Å². The minimum atomic E-state index is -0.933. The highest BCUT2D eigenvalue weighted by molar-refractivity contribution is 6.33. The average molecular weight is 539 g/mol. The fourth-order valence-electron chi connectivity index (χ4n) is 7.42. The van der Waals surface area contributed by atoms with Crippen LogP contribution in [-0.4, -0.2) is 18.0 Å². The van der Waals surface area contributed by atoms with Crippen molar-refractivity contribution in [2.24, 2.45) is 16.8 Å². The zero-order valence-electron chi connectivity index (χ0n) is 21.4. The van der Waals surface area contributed by atoms with Crippen LogP contribution in [0.1, 0.15) is 28.2 Å². The number of nitrogens with zero attached hydrogens (tertiary/aromatic N) is 2. The Morgan fingerprint density at radius 2 is 1.32 bits per heavy atom. The molecule has 0 unspecified atom stereocenters. The van der Waals surface area contributed by atoms with E-state index in [0.717, 1.165) is 33.0 Å². The minimum absolute atomic E-state index is 0.157. The van der Waals surface area contributed by atoms with Crippen molar-refractivity contribution in [3.63, 3.8) is 0 Å². The molecule has 3 aliphatic carbocycles. The molecule has 2 amide bonds. The predicted molar refractivity (Wildman–Crippen MR) is 159 cm³/mol. The molecule has 1 fully saturated rings. The molecular formula is C35H23ClN2O2. The number of aliphatic imine (C=N–C) groups is 1. The van der Waals surface area contributed by atoms with Gasteiger partial charge in [-0.3, -0.25) is 14.6 Å². The van der Waals surface area contributed by atoms with Crippen molar-refractivity contribution < 1.29 is 9.59 Å². The largest absolute Gasteiger partial charge is 0.274 e. The molecule has 1 heterocycles. The molecule has 4 aliphatic rings. The van der Waals surface area contributed by atoms with Crippen molar-refractivity contribution in [1.29, 1.82) is 0 Å². The Kier molecular flexibility index (Phi) is 4.95. The van der Waals surface area contributed by atoms with Crippen LogP contribution in [0.2, 0.25) is 5.02 Å². The van der Waals surface area contributed by atoms with Crippen molar-refractivity contribution in [3.8, 4) is 0 Å². The van der Waals surface area contributed by atoms with Gasteiger partial charge in [-0.2, -0.15) is 0 Å². The maximum Gasteiger partial charge on any atom is 0.239 e. The number of hydrogen-bond acceptors (Lipinski definition) is 3. The zero-order chi connectivity index (χ0) is 27.0. The van der Waals surface area contributed by atoms with Crippen LogP contribution in [0.5, 0.6) is 0 Å². The second kappa shape index (κ2) is 8.48. The van der Waals surface area contributed by atoms with Crippen molar-refractivity contribution in [3.05, 3.63) is 143 Å². The first-order chi connectivity index (χ1) is 19.6. The van der Waals surface area contributed by atoms with Crippen LogP contribution in [0, 0.1) is 11.8 Å². The van der Waals surface area contributed by atoms with E-state index in [1.165, 1.54) is 4.90 Å². The summed E-state index contributed by atoms with van der Waals surface area (Å²) in [6.07, 6.45) is 1.89. The lowest BCUT2D eigenvalue weighted by molar-refractivity contribution is -0.122. The fourth-order valence-corrected chi connectivity index (χ4v) is 7.60. The molecule has 192 valence electrons. The van der Waals surface area contributed by atoms with Gasteiger partial charge in [0.05, 0.1) is 33.6 Å². The lowest BCUT2D eigenvalue weighted by atomic mass is 9.47. The Morgan fingerprint density at radius 1 is 0.700 bits per heavy atom. The number of para-hydroxylation sites is 1. The van der Waals surface area contributed by atoms with E-state index in [0.29, 0.717) is 16.4 Å². The molecular weight excluding hydrogens is 516 g/mol. The standard InChI is InChI=1S/C35H23ClN2O2/c36-27-17-7-8-18-28(27)37-20-35-25-15-5-3-13-23(25)30(24-14-4-6-16-26(24)35)31-32(35)34(40)38(33(31)39)29-19-9-11-21-10-1-2-12-22(21)29/h1-20,30-32H/t30?,31-,32+,35?/m1/s1. The molecule has 0 saturated carbocycles. The van der Waals surface area contributed by atoms with E-state index in [4.69, 9.17) is 16.6 Å². The van der Waals surface area contributed by atoms with Gasteiger partial charge in [-0.05, 0) is 45.8 Å². The van der Waals surface area contributed by atoms with E-state index >= 15 is 0 Å². The number of halogens is 1. The van der Waals surface area contributed by atoms with E-state index in [9.17, 15) is 9.59 Å². The van der Waals surface area contributed by atoms with Crippen molar-refractivity contribution in [1.82, 2.24) is 0 Å². The molecule has 0 radical (unpaired) electrons. The SMILES string of the molecule is O=C1[C@@H]2C3c4ccccc4C(C=Nc4ccccc4Cl)(c4ccccc43)[C@@H]2C(=O)N1c1cccc2ccccc12. The molecule has 1 aliphatic heterocycles. The summed E-state index contributed by atoms with van der Waals surface area (Å²) in [4.78, 5) is 35.6. The molecule has 1 saturated heterocycles. The maximum atomic E-state index is 14.7. The first-order valence-corrected chi connectivity index (χ1v) is 13.8. The molecule has 2 bridgehead atoms. The number of carbonyl (C=O) groups excluding carboxylic acids is 2. The fraction of sp³-hybridized carbons (Fsp3) is 0.114. The highest BCUT2D eigenvalue weighted by Crippen LogP contribution is 2.64. The number of benzene rings is 5. The summed E-state index contributed by atoms with van der Waals surface area (Å²) >= 11 is 6.52. The highest BCUT2D eigenvalue weighted by atomic mass is 35.5. The second-order valence-electron chi connectivity index (χ2n) is 10.7. The molecule has 40 heavy (non-hydrogen) atoms. The van der Waals surface area contributed by atoms with Gasteiger partial charge in [0.15, 0.2) is 0 Å². The second-order valence-corrected chi connectivity index (χ2v) is 11.2. The number of anilines is 1. The van der Waals surface area contributed by atoms with Crippen molar-refractivity contribution in [2.75, 3.05) is 4.90 Å². The summed E-state index contributed by atoms with van der Waals surface area (Å²) in [6, 6.07) is 37.5. The third kappa shape index (κ3) is 2.94. The molecule has 5 heteroatoms. The van der Waals surface area contributed by atoms with Crippen LogP contribution in [0.15, 0.2) is 120 Å². The minimum Gasteiger partial charge on any atom is -0.274 e. The number of carbonyl (C=O) groups is 2. The van der Waals surface area contributed by atoms with E-state index in [-0.39, 0.29) is 17.7 Å². The summed E-state index contributed by atoms with van der Waals surface area (Å²) in [5.41, 5.74) is 4.53. The normalized spacial score (nSPS) is 24.4. The lowest BCUT2D eigenvalue weighted by Crippen LogP contribution is -2.54. The van der Waals surface area contributed by atoms with Gasteiger partial charge in [0, 0.05) is 17.5 Å². The predicted octanol–water partition coefficient (Wildman–Crippen LogP) is 7.45. The maximum absolute atomic E-state index is 14.7. The molecule has 9 rings (SSSR count). The highest BCUT2D eigenvalue weighted by Gasteiger charge is 2.68. The van der Waals surface area contributed by atoms with Crippen LogP contribution < -0.4 is 4.90 Å².